The number of nitrogens with zero attached hydrogens (tertiary/aromatic N) is 1. The van der Waals surface area contributed by atoms with E-state index < -0.39 is 0 Å². The summed E-state index contributed by atoms with van der Waals surface area (Å²) in [5.41, 5.74) is 3.27. The fourth-order valence-electron chi connectivity index (χ4n) is 2.55. The van der Waals surface area contributed by atoms with E-state index >= 15 is 0 Å². The van der Waals surface area contributed by atoms with E-state index in [2.05, 4.69) is 10.3 Å². The molecule has 0 saturated heterocycles. The first-order valence-corrected chi connectivity index (χ1v) is 9.35. The molecule has 0 fully saturated rings. The van der Waals surface area contributed by atoms with Crippen molar-refractivity contribution in [2.45, 2.75) is 13.8 Å². The average molecular weight is 407 g/mol. The third-order valence-electron chi connectivity index (χ3n) is 3.87. The molecule has 7 heteroatoms. The van der Waals surface area contributed by atoms with Crippen LogP contribution in [0.15, 0.2) is 36.4 Å². The Morgan fingerprint density at radius 2 is 1.88 bits per heavy atom. The van der Waals surface area contributed by atoms with Crippen molar-refractivity contribution in [3.63, 3.8) is 0 Å². The lowest BCUT2D eigenvalue weighted by Crippen LogP contribution is -2.11. The molecule has 0 radical (unpaired) electrons. The number of nitrogens with one attached hydrogen (secondary N) is 1. The minimum atomic E-state index is -0.283. The number of anilines is 1. The number of ether oxygens (including phenoxy) is 1. The number of methoxy groups -OCH3 is 1. The molecule has 0 unspecified atom stereocenters. The maximum absolute atomic E-state index is 12.4. The molecule has 3 aromatic rings. The van der Waals surface area contributed by atoms with Gasteiger partial charge in [-0.2, -0.15) is 0 Å². The van der Waals surface area contributed by atoms with Gasteiger partial charge in [0.1, 0.15) is 5.75 Å². The van der Waals surface area contributed by atoms with E-state index in [1.165, 1.54) is 17.4 Å². The molecule has 3 rings (SSSR count). The van der Waals surface area contributed by atoms with Crippen LogP contribution in [0.2, 0.25) is 10.0 Å². The van der Waals surface area contributed by atoms with E-state index in [4.69, 9.17) is 27.9 Å². The van der Waals surface area contributed by atoms with Gasteiger partial charge in [0.25, 0.3) is 5.91 Å². The van der Waals surface area contributed by atoms with Gasteiger partial charge in [-0.15, -0.1) is 11.3 Å². The lowest BCUT2D eigenvalue weighted by atomic mass is 10.1. The molecule has 0 spiro atoms. The summed E-state index contributed by atoms with van der Waals surface area (Å²) in [5, 5.41) is 4.09. The fourth-order valence-corrected chi connectivity index (χ4v) is 3.68. The number of rotatable bonds is 4. The number of aryl methyl sites for hydroxylation is 2. The van der Waals surface area contributed by atoms with Crippen LogP contribution in [0.4, 0.5) is 5.13 Å². The maximum atomic E-state index is 12.4. The second-order valence-corrected chi connectivity index (χ2v) is 7.71. The Kier molecular flexibility index (Phi) is 5.51. The molecule has 2 aromatic carbocycles. The highest BCUT2D eigenvalue weighted by Crippen LogP contribution is 2.33. The topological polar surface area (TPSA) is 51.2 Å². The van der Waals surface area contributed by atoms with Gasteiger partial charge >= 0.3 is 0 Å². The van der Waals surface area contributed by atoms with Crippen molar-refractivity contribution in [1.82, 2.24) is 4.98 Å². The van der Waals surface area contributed by atoms with Gasteiger partial charge in [0.2, 0.25) is 0 Å². The molecule has 0 bridgehead atoms. The molecule has 1 amide bonds. The van der Waals surface area contributed by atoms with Crippen LogP contribution in [0.5, 0.6) is 5.75 Å². The molecule has 0 saturated carbocycles. The molecule has 0 aliphatic heterocycles. The van der Waals surface area contributed by atoms with Crippen molar-refractivity contribution in [3.05, 3.63) is 62.4 Å². The lowest BCUT2D eigenvalue weighted by molar-refractivity contribution is 0.102. The molecule has 1 aromatic heterocycles. The minimum absolute atomic E-state index is 0.283. The largest absolute Gasteiger partial charge is 0.496 e. The third kappa shape index (κ3) is 3.85. The number of aromatic nitrogens is 1. The Labute approximate surface area is 165 Å². The van der Waals surface area contributed by atoms with Crippen molar-refractivity contribution in [1.29, 1.82) is 0 Å². The first-order valence-electron chi connectivity index (χ1n) is 7.78. The van der Waals surface area contributed by atoms with Gasteiger partial charge in [0.05, 0.1) is 22.8 Å². The normalized spacial score (nSPS) is 10.7. The van der Waals surface area contributed by atoms with Crippen LogP contribution in [0.3, 0.4) is 0 Å². The summed E-state index contributed by atoms with van der Waals surface area (Å²) in [4.78, 5) is 18.0. The van der Waals surface area contributed by atoms with Crippen LogP contribution < -0.4 is 10.1 Å². The fraction of sp³-hybridized carbons (Fsp3) is 0.158. The van der Waals surface area contributed by atoms with Crippen LogP contribution >= 0.6 is 34.5 Å². The zero-order valence-electron chi connectivity index (χ0n) is 14.4. The summed E-state index contributed by atoms with van der Waals surface area (Å²) in [6.45, 7) is 3.96. The molecule has 4 nitrogen and oxygen atoms in total. The number of hydrogen-bond donors (Lipinski definition) is 1. The first kappa shape index (κ1) is 18.7. The van der Waals surface area contributed by atoms with Crippen LogP contribution in [0, 0.1) is 13.8 Å². The van der Waals surface area contributed by atoms with E-state index in [1.54, 1.807) is 19.2 Å². The minimum Gasteiger partial charge on any atom is -0.496 e. The summed E-state index contributed by atoms with van der Waals surface area (Å²) in [6, 6.07) is 10.6. The number of amides is 1. The van der Waals surface area contributed by atoms with Gasteiger partial charge in [-0.05, 0) is 55.8 Å². The average Bonchev–Trinajstić information content (AvgIpc) is 2.97. The second kappa shape index (κ2) is 7.66. The van der Waals surface area contributed by atoms with Crippen molar-refractivity contribution >= 4 is 45.6 Å². The van der Waals surface area contributed by atoms with Gasteiger partial charge in [-0.1, -0.05) is 23.2 Å². The Hall–Kier alpha value is -2.08. The predicted molar refractivity (Wildman–Crippen MR) is 108 cm³/mol. The smallest absolute Gasteiger partial charge is 0.257 e. The van der Waals surface area contributed by atoms with Crippen molar-refractivity contribution in [2.24, 2.45) is 0 Å². The maximum Gasteiger partial charge on any atom is 0.257 e. The van der Waals surface area contributed by atoms with Crippen LogP contribution in [0.25, 0.3) is 11.3 Å². The highest BCUT2D eigenvalue weighted by atomic mass is 35.5. The number of carbonyl (C=O) groups excluding carboxylic acids is 1. The summed E-state index contributed by atoms with van der Waals surface area (Å²) >= 11 is 13.3. The molecule has 0 atom stereocenters. The van der Waals surface area contributed by atoms with Crippen LogP contribution in [-0.2, 0) is 0 Å². The highest BCUT2D eigenvalue weighted by Gasteiger charge is 2.15. The Balaban J connectivity index is 1.85. The SMILES string of the molecule is COc1ccc(-c2nc(NC(=O)c3ccc(Cl)c(Cl)c3)sc2C)cc1C. The summed E-state index contributed by atoms with van der Waals surface area (Å²) in [5.74, 6) is 0.546. The van der Waals surface area contributed by atoms with Crippen molar-refractivity contribution in [2.75, 3.05) is 12.4 Å². The zero-order chi connectivity index (χ0) is 18.8. The molecule has 0 aliphatic carbocycles. The van der Waals surface area contributed by atoms with E-state index in [0.717, 1.165) is 27.4 Å². The Morgan fingerprint density at radius 1 is 1.12 bits per heavy atom. The van der Waals surface area contributed by atoms with Gasteiger partial charge in [0, 0.05) is 16.0 Å². The molecule has 1 heterocycles. The third-order valence-corrected chi connectivity index (χ3v) is 5.49. The van der Waals surface area contributed by atoms with Crippen LogP contribution in [-0.4, -0.2) is 18.0 Å². The lowest BCUT2D eigenvalue weighted by Gasteiger charge is -2.06. The molecule has 1 N–H and O–H groups in total. The van der Waals surface area contributed by atoms with Gasteiger partial charge in [0.15, 0.2) is 5.13 Å². The summed E-state index contributed by atoms with van der Waals surface area (Å²) in [7, 11) is 1.65. The molecule has 134 valence electrons. The number of benzene rings is 2. The van der Waals surface area contributed by atoms with Crippen LogP contribution in [0.1, 0.15) is 20.8 Å². The quantitative estimate of drug-likeness (QED) is 0.578. The Morgan fingerprint density at radius 3 is 2.54 bits per heavy atom. The zero-order valence-corrected chi connectivity index (χ0v) is 16.7. The molecule has 0 aliphatic rings. The van der Waals surface area contributed by atoms with Crippen molar-refractivity contribution < 1.29 is 9.53 Å². The standard InChI is InChI=1S/C19H16Cl2N2O2S/c1-10-8-12(5-7-16(10)25-3)17-11(2)26-19(22-17)23-18(24)13-4-6-14(20)15(21)9-13/h4-9H,1-3H3,(H,22,23,24). The first-order chi connectivity index (χ1) is 12.4. The van der Waals surface area contributed by atoms with Gasteiger partial charge < -0.3 is 4.74 Å². The van der Waals surface area contributed by atoms with E-state index in [1.807, 2.05) is 32.0 Å². The van der Waals surface area contributed by atoms with E-state index in [-0.39, 0.29) is 5.91 Å². The van der Waals surface area contributed by atoms with Crippen molar-refractivity contribution in [3.8, 4) is 17.0 Å². The molecular weight excluding hydrogens is 391 g/mol. The summed E-state index contributed by atoms with van der Waals surface area (Å²) in [6.07, 6.45) is 0. The van der Waals surface area contributed by atoms with Gasteiger partial charge in [-0.25, -0.2) is 4.98 Å². The van der Waals surface area contributed by atoms with E-state index in [9.17, 15) is 4.79 Å². The van der Waals surface area contributed by atoms with E-state index in [0.29, 0.717) is 20.7 Å². The monoisotopic (exact) mass is 406 g/mol. The van der Waals surface area contributed by atoms with Gasteiger partial charge in [-0.3, -0.25) is 10.1 Å². The number of halogens is 2. The predicted octanol–water partition coefficient (Wildman–Crippen LogP) is 5.99. The number of carbonyl (C=O) groups is 1. The summed E-state index contributed by atoms with van der Waals surface area (Å²) < 4.78 is 5.30. The number of thiazole rings is 1. The number of hydrogen-bond acceptors (Lipinski definition) is 4. The highest BCUT2D eigenvalue weighted by molar-refractivity contribution is 7.16. The molecule has 26 heavy (non-hydrogen) atoms. The molecular formula is C19H16Cl2N2O2S. The Bertz CT molecular complexity index is 986. The second-order valence-electron chi connectivity index (χ2n) is 5.69.